The van der Waals surface area contributed by atoms with Gasteiger partial charge in [0.25, 0.3) is 10.0 Å². The highest BCUT2D eigenvalue weighted by molar-refractivity contribution is 7.92. The van der Waals surface area contributed by atoms with Crippen LogP contribution in [0.2, 0.25) is 0 Å². The van der Waals surface area contributed by atoms with E-state index in [1.165, 1.54) is 6.20 Å². The lowest BCUT2D eigenvalue weighted by Crippen LogP contribution is -2.36. The Bertz CT molecular complexity index is 1360. The number of nitrogens with zero attached hydrogens (tertiary/aromatic N) is 4. The van der Waals surface area contributed by atoms with Crippen LogP contribution in [0.25, 0.3) is 22.3 Å². The van der Waals surface area contributed by atoms with E-state index in [1.807, 2.05) is 18.2 Å². The van der Waals surface area contributed by atoms with Crippen molar-refractivity contribution in [2.24, 2.45) is 0 Å². The SMILES string of the molecule is O=S(=O)(Nc1cncc(-c2ccc3nccc(N4CCOCC4)c3n2)c1)c1ccccc1. The van der Waals surface area contributed by atoms with Gasteiger partial charge in [0.1, 0.15) is 5.52 Å². The van der Waals surface area contributed by atoms with Crippen molar-refractivity contribution in [1.29, 1.82) is 0 Å². The summed E-state index contributed by atoms with van der Waals surface area (Å²) in [5, 5.41) is 0. The molecule has 162 valence electrons. The Balaban J connectivity index is 1.49. The number of hydrogen-bond donors (Lipinski definition) is 1. The Morgan fingerprint density at radius 3 is 2.59 bits per heavy atom. The fraction of sp³-hybridized carbons (Fsp3) is 0.174. The smallest absolute Gasteiger partial charge is 0.261 e. The molecule has 4 aromatic rings. The van der Waals surface area contributed by atoms with E-state index in [-0.39, 0.29) is 4.90 Å². The summed E-state index contributed by atoms with van der Waals surface area (Å²) in [7, 11) is -3.71. The second-order valence-corrected chi connectivity index (χ2v) is 9.06. The molecule has 1 aliphatic rings. The van der Waals surface area contributed by atoms with Gasteiger partial charge >= 0.3 is 0 Å². The van der Waals surface area contributed by atoms with Crippen molar-refractivity contribution >= 4 is 32.4 Å². The van der Waals surface area contributed by atoms with Crippen LogP contribution in [0.15, 0.2) is 78.1 Å². The third-order valence-corrected chi connectivity index (χ3v) is 6.65. The largest absolute Gasteiger partial charge is 0.378 e. The molecular formula is C23H21N5O3S. The number of morpholine rings is 1. The Labute approximate surface area is 186 Å². The summed E-state index contributed by atoms with van der Waals surface area (Å²) < 4.78 is 33.4. The van der Waals surface area contributed by atoms with Crippen molar-refractivity contribution in [2.45, 2.75) is 4.90 Å². The van der Waals surface area contributed by atoms with Gasteiger partial charge in [0.15, 0.2) is 0 Å². The van der Waals surface area contributed by atoms with Crippen LogP contribution < -0.4 is 9.62 Å². The number of benzene rings is 1. The molecule has 1 saturated heterocycles. The zero-order chi connectivity index (χ0) is 22.0. The van der Waals surface area contributed by atoms with Gasteiger partial charge in [-0.05, 0) is 36.4 Å². The molecule has 1 fully saturated rings. The van der Waals surface area contributed by atoms with Crippen LogP contribution in [0.5, 0.6) is 0 Å². The van der Waals surface area contributed by atoms with E-state index in [4.69, 9.17) is 9.72 Å². The summed E-state index contributed by atoms with van der Waals surface area (Å²) in [5.41, 5.74) is 4.36. The fourth-order valence-corrected chi connectivity index (χ4v) is 4.74. The number of sulfonamides is 1. The monoisotopic (exact) mass is 447 g/mol. The van der Waals surface area contributed by atoms with Crippen LogP contribution in [0.3, 0.4) is 0 Å². The van der Waals surface area contributed by atoms with Crippen LogP contribution in [0.4, 0.5) is 11.4 Å². The maximum absolute atomic E-state index is 12.7. The fourth-order valence-electron chi connectivity index (χ4n) is 3.68. The number of pyridine rings is 3. The van der Waals surface area contributed by atoms with Gasteiger partial charge in [-0.2, -0.15) is 0 Å². The Morgan fingerprint density at radius 2 is 1.78 bits per heavy atom. The van der Waals surface area contributed by atoms with Crippen molar-refractivity contribution in [2.75, 3.05) is 35.9 Å². The van der Waals surface area contributed by atoms with Crippen molar-refractivity contribution < 1.29 is 13.2 Å². The summed E-state index contributed by atoms with van der Waals surface area (Å²) in [6.45, 7) is 2.95. The van der Waals surface area contributed by atoms with E-state index in [0.29, 0.717) is 30.2 Å². The maximum Gasteiger partial charge on any atom is 0.261 e. The van der Waals surface area contributed by atoms with E-state index in [1.54, 1.807) is 48.8 Å². The van der Waals surface area contributed by atoms with Crippen molar-refractivity contribution in [3.63, 3.8) is 0 Å². The molecule has 0 amide bonds. The molecule has 1 aromatic carbocycles. The minimum Gasteiger partial charge on any atom is -0.378 e. The first-order valence-corrected chi connectivity index (χ1v) is 11.7. The molecule has 0 saturated carbocycles. The topological polar surface area (TPSA) is 97.3 Å². The van der Waals surface area contributed by atoms with E-state index in [0.717, 1.165) is 29.8 Å². The molecule has 32 heavy (non-hydrogen) atoms. The minimum absolute atomic E-state index is 0.190. The number of hydrogen-bond acceptors (Lipinski definition) is 7. The van der Waals surface area contributed by atoms with E-state index in [2.05, 4.69) is 19.6 Å². The summed E-state index contributed by atoms with van der Waals surface area (Å²) in [5.74, 6) is 0. The normalized spacial score (nSPS) is 14.4. The number of nitrogens with one attached hydrogen (secondary N) is 1. The molecule has 0 unspecified atom stereocenters. The lowest BCUT2D eigenvalue weighted by Gasteiger charge is -2.29. The quantitative estimate of drug-likeness (QED) is 0.501. The van der Waals surface area contributed by atoms with Gasteiger partial charge in [-0.3, -0.25) is 14.7 Å². The highest BCUT2D eigenvalue weighted by Crippen LogP contribution is 2.28. The van der Waals surface area contributed by atoms with Crippen LogP contribution in [-0.4, -0.2) is 49.7 Å². The van der Waals surface area contributed by atoms with Gasteiger partial charge in [-0.1, -0.05) is 18.2 Å². The number of ether oxygens (including phenoxy) is 1. The molecule has 0 aliphatic carbocycles. The van der Waals surface area contributed by atoms with Crippen LogP contribution in [-0.2, 0) is 14.8 Å². The van der Waals surface area contributed by atoms with Gasteiger partial charge in [-0.15, -0.1) is 0 Å². The second-order valence-electron chi connectivity index (χ2n) is 7.37. The predicted molar refractivity (Wildman–Crippen MR) is 123 cm³/mol. The van der Waals surface area contributed by atoms with Crippen molar-refractivity contribution in [3.05, 3.63) is 73.2 Å². The van der Waals surface area contributed by atoms with Gasteiger partial charge < -0.3 is 9.64 Å². The zero-order valence-electron chi connectivity index (χ0n) is 17.2. The first-order valence-electron chi connectivity index (χ1n) is 10.2. The van der Waals surface area contributed by atoms with E-state index < -0.39 is 10.0 Å². The Morgan fingerprint density at radius 1 is 0.969 bits per heavy atom. The number of fused-ring (bicyclic) bond motifs is 1. The maximum atomic E-state index is 12.7. The number of rotatable bonds is 5. The second kappa shape index (κ2) is 8.52. The van der Waals surface area contributed by atoms with Crippen molar-refractivity contribution in [1.82, 2.24) is 15.0 Å². The highest BCUT2D eigenvalue weighted by Gasteiger charge is 2.17. The summed E-state index contributed by atoms with van der Waals surface area (Å²) in [6.07, 6.45) is 4.93. The molecule has 3 aromatic heterocycles. The highest BCUT2D eigenvalue weighted by atomic mass is 32.2. The third-order valence-electron chi connectivity index (χ3n) is 5.25. The number of anilines is 2. The third kappa shape index (κ3) is 4.12. The molecule has 0 atom stereocenters. The lowest BCUT2D eigenvalue weighted by molar-refractivity contribution is 0.123. The average molecular weight is 448 g/mol. The molecule has 5 rings (SSSR count). The summed E-state index contributed by atoms with van der Waals surface area (Å²) >= 11 is 0. The summed E-state index contributed by atoms with van der Waals surface area (Å²) in [4.78, 5) is 16.0. The van der Waals surface area contributed by atoms with Gasteiger partial charge in [-0.25, -0.2) is 13.4 Å². The molecule has 9 heteroatoms. The van der Waals surface area contributed by atoms with Crippen molar-refractivity contribution in [3.8, 4) is 11.3 Å². The first kappa shape index (κ1) is 20.3. The molecule has 8 nitrogen and oxygen atoms in total. The molecule has 0 spiro atoms. The van der Waals surface area contributed by atoms with Gasteiger partial charge in [0.05, 0.1) is 46.9 Å². The molecule has 1 N–H and O–H groups in total. The standard InChI is InChI=1S/C23H21N5O3S/c29-32(30,19-4-2-1-3-5-19)27-18-14-17(15-24-16-18)20-6-7-21-23(26-20)22(8-9-25-21)28-10-12-31-13-11-28/h1-9,14-16,27H,10-13H2. The Hall–Kier alpha value is -3.56. The predicted octanol–water partition coefficient (Wildman–Crippen LogP) is 3.33. The zero-order valence-corrected chi connectivity index (χ0v) is 18.0. The summed E-state index contributed by atoms with van der Waals surface area (Å²) in [6, 6.07) is 15.7. The van der Waals surface area contributed by atoms with Gasteiger partial charge in [0, 0.05) is 31.0 Å². The van der Waals surface area contributed by atoms with E-state index in [9.17, 15) is 8.42 Å². The molecule has 1 aliphatic heterocycles. The Kier molecular flexibility index (Phi) is 5.42. The van der Waals surface area contributed by atoms with Crippen LogP contribution >= 0.6 is 0 Å². The van der Waals surface area contributed by atoms with Gasteiger partial charge in [0.2, 0.25) is 0 Å². The average Bonchev–Trinajstić information content (AvgIpc) is 2.84. The lowest BCUT2D eigenvalue weighted by atomic mass is 10.1. The van der Waals surface area contributed by atoms with E-state index >= 15 is 0 Å². The molecule has 4 heterocycles. The first-order chi connectivity index (χ1) is 15.6. The molecular weight excluding hydrogens is 426 g/mol. The molecule has 0 bridgehead atoms. The number of aromatic nitrogens is 3. The van der Waals surface area contributed by atoms with Crippen LogP contribution in [0, 0.1) is 0 Å². The van der Waals surface area contributed by atoms with Crippen LogP contribution in [0.1, 0.15) is 0 Å². The molecule has 0 radical (unpaired) electrons. The minimum atomic E-state index is -3.71.